The van der Waals surface area contributed by atoms with Gasteiger partial charge < -0.3 is 5.73 Å². The Morgan fingerprint density at radius 1 is 1.53 bits per heavy atom. The van der Waals surface area contributed by atoms with Crippen LogP contribution in [0.5, 0.6) is 0 Å². The van der Waals surface area contributed by atoms with E-state index in [4.69, 9.17) is 5.73 Å². The van der Waals surface area contributed by atoms with Crippen molar-refractivity contribution in [2.24, 2.45) is 7.05 Å². The molecule has 0 aliphatic rings. The number of hydrogen-bond acceptors (Lipinski definition) is 3. The molecular weight excluding hydrogens is 206 g/mol. The largest absolute Gasteiger partial charge is 0.384 e. The first-order valence-corrected chi connectivity index (χ1v) is 5.89. The molecule has 0 fully saturated rings. The van der Waals surface area contributed by atoms with E-state index in [1.807, 2.05) is 14.0 Å². The highest BCUT2D eigenvalue weighted by Crippen LogP contribution is 2.33. The molecule has 0 bridgehead atoms. The summed E-state index contributed by atoms with van der Waals surface area (Å²) < 4.78 is 1.74. The van der Waals surface area contributed by atoms with Crippen LogP contribution in [0, 0.1) is 6.92 Å². The minimum absolute atomic E-state index is 0.750. The Labute approximate surface area is 93.5 Å². The number of aromatic nitrogens is 2. The summed E-state index contributed by atoms with van der Waals surface area (Å²) in [5.41, 5.74) is 9.36. The number of hydrogen-bond donors (Lipinski definition) is 1. The first-order valence-electron chi connectivity index (χ1n) is 5.01. The van der Waals surface area contributed by atoms with Gasteiger partial charge in [0.1, 0.15) is 11.5 Å². The molecule has 15 heavy (non-hydrogen) atoms. The predicted molar refractivity (Wildman–Crippen MR) is 65.0 cm³/mol. The van der Waals surface area contributed by atoms with Gasteiger partial charge in [-0.05, 0) is 30.4 Å². The van der Waals surface area contributed by atoms with Crippen LogP contribution in [0.15, 0.2) is 11.4 Å². The van der Waals surface area contributed by atoms with Crippen LogP contribution in [0.1, 0.15) is 18.1 Å². The summed E-state index contributed by atoms with van der Waals surface area (Å²) in [5, 5.41) is 6.57. The SMILES string of the molecule is CCc1ccsc1-c1nn(C)c(N)c1C. The van der Waals surface area contributed by atoms with Gasteiger partial charge in [-0.2, -0.15) is 5.10 Å². The molecule has 0 saturated heterocycles. The van der Waals surface area contributed by atoms with Crippen LogP contribution in [0.4, 0.5) is 5.82 Å². The Morgan fingerprint density at radius 2 is 2.27 bits per heavy atom. The average molecular weight is 221 g/mol. The van der Waals surface area contributed by atoms with Crippen LogP contribution in [0.3, 0.4) is 0 Å². The van der Waals surface area contributed by atoms with E-state index in [9.17, 15) is 0 Å². The molecule has 0 aliphatic carbocycles. The van der Waals surface area contributed by atoms with Crippen molar-refractivity contribution in [3.63, 3.8) is 0 Å². The lowest BCUT2D eigenvalue weighted by molar-refractivity contribution is 0.782. The third-order valence-electron chi connectivity index (χ3n) is 2.68. The van der Waals surface area contributed by atoms with E-state index in [2.05, 4.69) is 23.5 Å². The lowest BCUT2D eigenvalue weighted by Gasteiger charge is -1.98. The van der Waals surface area contributed by atoms with Crippen molar-refractivity contribution in [3.05, 3.63) is 22.6 Å². The van der Waals surface area contributed by atoms with Gasteiger partial charge in [-0.15, -0.1) is 11.3 Å². The molecule has 0 spiro atoms. The smallest absolute Gasteiger partial charge is 0.124 e. The van der Waals surface area contributed by atoms with Gasteiger partial charge in [-0.1, -0.05) is 6.92 Å². The van der Waals surface area contributed by atoms with Crippen molar-refractivity contribution in [1.29, 1.82) is 0 Å². The number of rotatable bonds is 2. The normalized spacial score (nSPS) is 10.9. The second-order valence-corrected chi connectivity index (χ2v) is 4.53. The van der Waals surface area contributed by atoms with Gasteiger partial charge in [0.15, 0.2) is 0 Å². The van der Waals surface area contributed by atoms with E-state index in [-0.39, 0.29) is 0 Å². The van der Waals surface area contributed by atoms with E-state index in [0.29, 0.717) is 0 Å². The second-order valence-electron chi connectivity index (χ2n) is 3.61. The molecule has 0 aliphatic heterocycles. The maximum absolute atomic E-state index is 5.91. The number of aryl methyl sites for hydroxylation is 2. The van der Waals surface area contributed by atoms with Crippen LogP contribution >= 0.6 is 11.3 Å². The number of anilines is 1. The maximum atomic E-state index is 5.91. The first kappa shape index (κ1) is 10.2. The fraction of sp³-hybridized carbons (Fsp3) is 0.364. The van der Waals surface area contributed by atoms with Crippen LogP contribution in [-0.4, -0.2) is 9.78 Å². The number of nitrogens with zero attached hydrogens (tertiary/aromatic N) is 2. The van der Waals surface area contributed by atoms with Crippen LogP contribution < -0.4 is 5.73 Å². The Bertz CT molecular complexity index is 482. The van der Waals surface area contributed by atoms with E-state index in [1.54, 1.807) is 16.0 Å². The zero-order valence-electron chi connectivity index (χ0n) is 9.24. The molecule has 2 aromatic heterocycles. The fourth-order valence-electron chi connectivity index (χ4n) is 1.68. The number of nitrogen functional groups attached to an aromatic ring is 1. The lowest BCUT2D eigenvalue weighted by Crippen LogP contribution is -1.97. The highest BCUT2D eigenvalue weighted by molar-refractivity contribution is 7.13. The lowest BCUT2D eigenvalue weighted by atomic mass is 10.1. The Balaban J connectivity index is 2.59. The van der Waals surface area contributed by atoms with Crippen molar-refractivity contribution in [2.45, 2.75) is 20.3 Å². The molecular formula is C11H15N3S. The zero-order chi connectivity index (χ0) is 11.0. The van der Waals surface area contributed by atoms with E-state index in [1.165, 1.54) is 10.4 Å². The van der Waals surface area contributed by atoms with Gasteiger partial charge in [0.05, 0.1) is 4.88 Å². The quantitative estimate of drug-likeness (QED) is 0.847. The minimum atomic E-state index is 0.750. The molecule has 2 N–H and O–H groups in total. The van der Waals surface area contributed by atoms with Crippen molar-refractivity contribution in [1.82, 2.24) is 9.78 Å². The van der Waals surface area contributed by atoms with Gasteiger partial charge in [-0.25, -0.2) is 0 Å². The van der Waals surface area contributed by atoms with Crippen molar-refractivity contribution in [3.8, 4) is 10.6 Å². The number of nitrogens with two attached hydrogens (primary N) is 1. The summed E-state index contributed by atoms with van der Waals surface area (Å²) in [4.78, 5) is 1.25. The summed E-state index contributed by atoms with van der Waals surface area (Å²) >= 11 is 1.73. The third-order valence-corrected chi connectivity index (χ3v) is 3.64. The molecule has 2 aromatic rings. The summed E-state index contributed by atoms with van der Waals surface area (Å²) in [7, 11) is 1.88. The Kier molecular flexibility index (Phi) is 2.52. The molecule has 3 nitrogen and oxygen atoms in total. The fourth-order valence-corrected chi connectivity index (χ4v) is 2.72. The van der Waals surface area contributed by atoms with E-state index >= 15 is 0 Å². The highest BCUT2D eigenvalue weighted by atomic mass is 32.1. The van der Waals surface area contributed by atoms with Crippen LogP contribution in [0.2, 0.25) is 0 Å². The predicted octanol–water partition coefficient (Wildman–Crippen LogP) is 2.60. The molecule has 0 radical (unpaired) electrons. The molecule has 0 unspecified atom stereocenters. The standard InChI is InChI=1S/C11H15N3S/c1-4-8-5-6-15-10(8)9-7(2)11(12)14(3)13-9/h5-6H,4,12H2,1-3H3. The minimum Gasteiger partial charge on any atom is -0.384 e. The van der Waals surface area contributed by atoms with Crippen molar-refractivity contribution >= 4 is 17.2 Å². The average Bonchev–Trinajstić information content (AvgIpc) is 2.78. The zero-order valence-corrected chi connectivity index (χ0v) is 10.1. The molecule has 4 heteroatoms. The van der Waals surface area contributed by atoms with Gasteiger partial charge >= 0.3 is 0 Å². The molecule has 0 atom stereocenters. The summed E-state index contributed by atoms with van der Waals surface area (Å²) in [6.45, 7) is 4.18. The molecule has 0 aromatic carbocycles. The summed E-state index contributed by atoms with van der Waals surface area (Å²) in [6, 6.07) is 2.16. The first-order chi connectivity index (χ1) is 7.15. The molecule has 0 amide bonds. The van der Waals surface area contributed by atoms with Gasteiger partial charge in [0, 0.05) is 12.6 Å². The van der Waals surface area contributed by atoms with E-state index < -0.39 is 0 Å². The summed E-state index contributed by atoms with van der Waals surface area (Å²) in [6.07, 6.45) is 1.04. The number of thiophene rings is 1. The topological polar surface area (TPSA) is 43.8 Å². The van der Waals surface area contributed by atoms with Gasteiger partial charge in [-0.3, -0.25) is 4.68 Å². The highest BCUT2D eigenvalue weighted by Gasteiger charge is 2.14. The maximum Gasteiger partial charge on any atom is 0.124 e. The monoisotopic (exact) mass is 221 g/mol. The molecule has 80 valence electrons. The molecule has 2 heterocycles. The van der Waals surface area contributed by atoms with Crippen LogP contribution in [0.25, 0.3) is 10.6 Å². The van der Waals surface area contributed by atoms with E-state index in [0.717, 1.165) is 23.5 Å². The van der Waals surface area contributed by atoms with Gasteiger partial charge in [0.2, 0.25) is 0 Å². The molecule has 2 rings (SSSR count). The Morgan fingerprint density at radius 3 is 2.80 bits per heavy atom. The van der Waals surface area contributed by atoms with Gasteiger partial charge in [0.25, 0.3) is 0 Å². The molecule has 0 saturated carbocycles. The van der Waals surface area contributed by atoms with Crippen LogP contribution in [-0.2, 0) is 13.5 Å². The third kappa shape index (κ3) is 1.55. The van der Waals surface area contributed by atoms with Crippen molar-refractivity contribution in [2.75, 3.05) is 5.73 Å². The second kappa shape index (κ2) is 3.70. The summed E-state index contributed by atoms with van der Waals surface area (Å²) in [5.74, 6) is 0.750. The van der Waals surface area contributed by atoms with Crippen molar-refractivity contribution < 1.29 is 0 Å². The Hall–Kier alpha value is -1.29.